The Labute approximate surface area is 142 Å². The quantitative estimate of drug-likeness (QED) is 0.763. The minimum absolute atomic E-state index is 0.283. The van der Waals surface area contributed by atoms with E-state index >= 15 is 0 Å². The van der Waals surface area contributed by atoms with Gasteiger partial charge >= 0.3 is 5.97 Å². The average molecular weight is 340 g/mol. The molecule has 0 unspecified atom stereocenters. The molecule has 3 aromatic rings. The number of carboxylic acid groups (broad SMARTS) is 1. The van der Waals surface area contributed by atoms with Gasteiger partial charge in [-0.1, -0.05) is 12.1 Å². The number of aromatic carboxylic acids is 1. The van der Waals surface area contributed by atoms with Crippen LogP contribution in [-0.2, 0) is 19.5 Å². The van der Waals surface area contributed by atoms with Crippen LogP contribution in [0.2, 0.25) is 0 Å². The van der Waals surface area contributed by atoms with Crippen LogP contribution in [0.1, 0.15) is 26.6 Å². The number of nitrogens with zero attached hydrogens (tertiary/aromatic N) is 3. The predicted octanol–water partition coefficient (Wildman–Crippen LogP) is 2.79. The van der Waals surface area contributed by atoms with E-state index in [0.29, 0.717) is 0 Å². The summed E-state index contributed by atoms with van der Waals surface area (Å²) >= 11 is 1.68. The minimum Gasteiger partial charge on any atom is -0.478 e. The van der Waals surface area contributed by atoms with Crippen molar-refractivity contribution in [2.45, 2.75) is 19.5 Å². The van der Waals surface area contributed by atoms with Crippen molar-refractivity contribution in [3.63, 3.8) is 0 Å². The summed E-state index contributed by atoms with van der Waals surface area (Å²) in [6.07, 6.45) is 2.83. The third kappa shape index (κ3) is 2.95. The highest BCUT2D eigenvalue weighted by Crippen LogP contribution is 2.24. The Kier molecular flexibility index (Phi) is 3.87. The summed E-state index contributed by atoms with van der Waals surface area (Å²) in [5.41, 5.74) is 5.30. The summed E-state index contributed by atoms with van der Waals surface area (Å²) in [5, 5.41) is 8.98. The number of thiazole rings is 1. The van der Waals surface area contributed by atoms with E-state index in [0.717, 1.165) is 48.8 Å². The number of aromatic nitrogens is 3. The van der Waals surface area contributed by atoms with E-state index in [1.165, 1.54) is 4.88 Å². The Hall–Kier alpha value is -2.51. The number of hydrogen-bond acceptors (Lipinski definition) is 5. The van der Waals surface area contributed by atoms with E-state index < -0.39 is 5.97 Å². The largest absolute Gasteiger partial charge is 0.478 e. The Bertz CT molecular complexity index is 855. The van der Waals surface area contributed by atoms with Crippen LogP contribution >= 0.6 is 11.3 Å². The molecule has 3 heterocycles. The van der Waals surface area contributed by atoms with Crippen LogP contribution in [0.4, 0.5) is 0 Å². The Morgan fingerprint density at radius 2 is 2.17 bits per heavy atom. The number of rotatable bonds is 4. The van der Waals surface area contributed by atoms with E-state index in [9.17, 15) is 4.79 Å². The number of imidazole rings is 1. The van der Waals surface area contributed by atoms with E-state index in [1.807, 2.05) is 11.7 Å². The fourth-order valence-electron chi connectivity index (χ4n) is 2.93. The first-order valence-electron chi connectivity index (χ1n) is 7.70. The van der Waals surface area contributed by atoms with Gasteiger partial charge in [-0.05, 0) is 12.1 Å². The zero-order valence-corrected chi connectivity index (χ0v) is 13.7. The highest BCUT2D eigenvalue weighted by atomic mass is 32.1. The van der Waals surface area contributed by atoms with Gasteiger partial charge in [-0.15, -0.1) is 11.3 Å². The molecular weight excluding hydrogens is 324 g/mol. The van der Waals surface area contributed by atoms with Crippen LogP contribution < -0.4 is 0 Å². The first kappa shape index (κ1) is 15.0. The molecule has 2 N–H and O–H groups in total. The molecule has 0 amide bonds. The summed E-state index contributed by atoms with van der Waals surface area (Å²) in [6.45, 7) is 2.73. The van der Waals surface area contributed by atoms with Gasteiger partial charge in [-0.2, -0.15) is 0 Å². The van der Waals surface area contributed by atoms with E-state index in [1.54, 1.807) is 35.6 Å². The van der Waals surface area contributed by atoms with Gasteiger partial charge in [0.05, 0.1) is 22.5 Å². The van der Waals surface area contributed by atoms with Gasteiger partial charge in [0.1, 0.15) is 5.82 Å². The van der Waals surface area contributed by atoms with Crippen LogP contribution in [-0.4, -0.2) is 37.5 Å². The van der Waals surface area contributed by atoms with Crippen molar-refractivity contribution in [3.8, 4) is 11.4 Å². The van der Waals surface area contributed by atoms with Crippen molar-refractivity contribution in [1.29, 1.82) is 0 Å². The van der Waals surface area contributed by atoms with Gasteiger partial charge in [0, 0.05) is 42.7 Å². The van der Waals surface area contributed by atoms with Crippen molar-refractivity contribution < 1.29 is 9.90 Å². The molecule has 4 rings (SSSR count). The maximum absolute atomic E-state index is 10.9. The van der Waals surface area contributed by atoms with Gasteiger partial charge in [-0.3, -0.25) is 9.88 Å². The Morgan fingerprint density at radius 1 is 1.33 bits per heavy atom. The lowest BCUT2D eigenvalue weighted by molar-refractivity contribution is 0.0697. The van der Waals surface area contributed by atoms with E-state index in [-0.39, 0.29) is 5.56 Å². The van der Waals surface area contributed by atoms with Crippen molar-refractivity contribution in [2.24, 2.45) is 0 Å². The number of carbonyl (C=O) groups is 1. The van der Waals surface area contributed by atoms with Gasteiger partial charge < -0.3 is 10.1 Å². The lowest BCUT2D eigenvalue weighted by Crippen LogP contribution is -2.29. The number of hydrogen-bond donors (Lipinski definition) is 2. The smallest absolute Gasteiger partial charge is 0.335 e. The SMILES string of the molecule is O=C(O)c1ccc(-c2nc3c([nH]2)CN(Cc2cncs2)CC3)cc1. The van der Waals surface area contributed by atoms with Gasteiger partial charge in [0.25, 0.3) is 0 Å². The first-order chi connectivity index (χ1) is 11.7. The second-order valence-electron chi connectivity index (χ2n) is 5.82. The molecular formula is C17H16N4O2S. The van der Waals surface area contributed by atoms with Crippen LogP contribution in [0.25, 0.3) is 11.4 Å². The normalized spacial score (nSPS) is 14.5. The molecule has 0 saturated carbocycles. The van der Waals surface area contributed by atoms with Crippen molar-refractivity contribution in [3.05, 3.63) is 57.8 Å². The van der Waals surface area contributed by atoms with Crippen molar-refractivity contribution >= 4 is 17.3 Å². The molecule has 0 spiro atoms. The molecule has 1 aromatic carbocycles. The van der Waals surface area contributed by atoms with Gasteiger partial charge in [0.15, 0.2) is 0 Å². The van der Waals surface area contributed by atoms with Crippen LogP contribution in [0.5, 0.6) is 0 Å². The van der Waals surface area contributed by atoms with Crippen LogP contribution in [0, 0.1) is 0 Å². The molecule has 7 heteroatoms. The van der Waals surface area contributed by atoms with Crippen LogP contribution in [0.15, 0.2) is 36.0 Å². The summed E-state index contributed by atoms with van der Waals surface area (Å²) in [5.74, 6) is -0.115. The first-order valence-corrected chi connectivity index (χ1v) is 8.58. The predicted molar refractivity (Wildman–Crippen MR) is 90.9 cm³/mol. The van der Waals surface area contributed by atoms with Crippen molar-refractivity contribution in [1.82, 2.24) is 19.9 Å². The summed E-state index contributed by atoms with van der Waals surface area (Å²) in [6, 6.07) is 6.80. The second kappa shape index (κ2) is 6.18. The summed E-state index contributed by atoms with van der Waals surface area (Å²) in [4.78, 5) is 26.8. The van der Waals surface area contributed by atoms with Gasteiger partial charge in [0.2, 0.25) is 0 Å². The zero-order chi connectivity index (χ0) is 16.5. The number of fused-ring (bicyclic) bond motifs is 1. The summed E-state index contributed by atoms with van der Waals surface area (Å²) < 4.78 is 0. The molecule has 1 aliphatic rings. The number of nitrogens with one attached hydrogen (secondary N) is 1. The third-order valence-corrected chi connectivity index (χ3v) is 4.94. The van der Waals surface area contributed by atoms with E-state index in [2.05, 4.69) is 19.9 Å². The van der Waals surface area contributed by atoms with Crippen molar-refractivity contribution in [2.75, 3.05) is 6.54 Å². The number of aromatic amines is 1. The molecule has 122 valence electrons. The molecule has 0 saturated heterocycles. The third-order valence-electron chi connectivity index (χ3n) is 4.18. The summed E-state index contributed by atoms with van der Waals surface area (Å²) in [7, 11) is 0. The fraction of sp³-hybridized carbons (Fsp3) is 0.235. The molecule has 2 aromatic heterocycles. The zero-order valence-electron chi connectivity index (χ0n) is 12.9. The molecule has 1 aliphatic heterocycles. The molecule has 6 nitrogen and oxygen atoms in total. The fourth-order valence-corrected chi connectivity index (χ4v) is 3.57. The number of H-pyrrole nitrogens is 1. The lowest BCUT2D eigenvalue weighted by atomic mass is 10.1. The number of benzene rings is 1. The molecule has 0 aliphatic carbocycles. The Balaban J connectivity index is 1.52. The second-order valence-corrected chi connectivity index (χ2v) is 6.79. The average Bonchev–Trinajstić information content (AvgIpc) is 3.24. The number of carboxylic acids is 1. The minimum atomic E-state index is -0.918. The topological polar surface area (TPSA) is 82.1 Å². The molecule has 0 atom stereocenters. The standard InChI is InChI=1S/C17H16N4O2S/c22-17(23)12-3-1-11(2-4-12)16-19-14-5-6-21(9-15(14)20-16)8-13-7-18-10-24-13/h1-4,7,10H,5-6,8-9H2,(H,19,20)(H,22,23). The van der Waals surface area contributed by atoms with Crippen LogP contribution in [0.3, 0.4) is 0 Å². The Morgan fingerprint density at radius 3 is 2.88 bits per heavy atom. The van der Waals surface area contributed by atoms with Gasteiger partial charge in [-0.25, -0.2) is 9.78 Å². The molecule has 0 radical (unpaired) electrons. The molecule has 24 heavy (non-hydrogen) atoms. The maximum Gasteiger partial charge on any atom is 0.335 e. The highest BCUT2D eigenvalue weighted by Gasteiger charge is 2.21. The highest BCUT2D eigenvalue weighted by molar-refractivity contribution is 7.09. The monoisotopic (exact) mass is 340 g/mol. The van der Waals surface area contributed by atoms with E-state index in [4.69, 9.17) is 5.11 Å². The lowest BCUT2D eigenvalue weighted by Gasteiger charge is -2.25. The maximum atomic E-state index is 10.9. The molecule has 0 fully saturated rings. The molecule has 0 bridgehead atoms.